The first-order valence-electron chi connectivity index (χ1n) is 6.06. The average molecular weight is 355 g/mol. The second-order valence-corrected chi connectivity index (χ2v) is 13.8. The van der Waals surface area contributed by atoms with Crippen molar-refractivity contribution in [2.45, 2.75) is 6.92 Å². The average Bonchev–Trinajstić information content (AvgIpc) is 2.37. The lowest BCUT2D eigenvalue weighted by Gasteiger charge is -2.57. The van der Waals surface area contributed by atoms with Gasteiger partial charge in [-0.3, -0.25) is 4.31 Å². The van der Waals surface area contributed by atoms with Crippen molar-refractivity contribution in [1.82, 2.24) is 17.3 Å². The molecule has 1 aliphatic heterocycles. The van der Waals surface area contributed by atoms with Crippen LogP contribution in [0.1, 0.15) is 6.92 Å². The molecule has 3 N–H and O–H groups in total. The molecule has 0 amide bonds. The Morgan fingerprint density at radius 2 is 1.60 bits per heavy atom. The molecule has 20 heavy (non-hydrogen) atoms. The molecular formula is C12H26N4S4. The smallest absolute Gasteiger partial charge is 0.188 e. The van der Waals surface area contributed by atoms with Crippen LogP contribution in [0.15, 0.2) is 36.0 Å². The van der Waals surface area contributed by atoms with Gasteiger partial charge in [-0.1, -0.05) is 50.9 Å². The summed E-state index contributed by atoms with van der Waals surface area (Å²) in [7, 11) is -4.29. The van der Waals surface area contributed by atoms with Crippen LogP contribution in [0, 0.1) is 0 Å². The van der Waals surface area contributed by atoms with Gasteiger partial charge in [0.05, 0.1) is 0 Å². The molecule has 118 valence electrons. The number of nitrogens with one attached hydrogen (secondary N) is 3. The minimum Gasteiger partial charge on any atom is -0.309 e. The molecule has 3 atom stereocenters. The molecule has 1 fully saturated rings. The van der Waals surface area contributed by atoms with Crippen molar-refractivity contribution < 1.29 is 0 Å². The maximum absolute atomic E-state index is 5.58. The summed E-state index contributed by atoms with van der Waals surface area (Å²) in [4.78, 5) is 0. The van der Waals surface area contributed by atoms with Gasteiger partial charge in [0.25, 0.3) is 0 Å². The minimum atomic E-state index is -1.44. The first-order chi connectivity index (χ1) is 9.17. The Hall–Kier alpha value is -0.120. The topological polar surface area (TPSA) is 39.3 Å². The molecular weight excluding hydrogens is 328 g/mol. The van der Waals surface area contributed by atoms with E-state index in [4.69, 9.17) is 12.2 Å². The van der Waals surface area contributed by atoms with E-state index < -0.39 is 31.2 Å². The number of thiocarbonyl (C=S) groups is 1. The fraction of sp³-hybridized carbons (Fsp3) is 0.417. The van der Waals surface area contributed by atoms with Crippen molar-refractivity contribution in [3.8, 4) is 0 Å². The summed E-state index contributed by atoms with van der Waals surface area (Å²) in [5.41, 5.74) is 0. The summed E-state index contributed by atoms with van der Waals surface area (Å²) in [5.74, 6) is 0. The van der Waals surface area contributed by atoms with E-state index in [2.05, 4.69) is 62.7 Å². The fourth-order valence-electron chi connectivity index (χ4n) is 1.88. The lowest BCUT2D eigenvalue weighted by Crippen LogP contribution is -2.52. The zero-order valence-corrected chi connectivity index (χ0v) is 15.9. The monoisotopic (exact) mass is 354 g/mol. The van der Waals surface area contributed by atoms with Crippen LogP contribution < -0.4 is 13.0 Å². The maximum Gasteiger partial charge on any atom is 0.188 e. The van der Waals surface area contributed by atoms with Crippen LogP contribution in [-0.4, -0.2) is 34.7 Å². The predicted molar refractivity (Wildman–Crippen MR) is 106 cm³/mol. The summed E-state index contributed by atoms with van der Waals surface area (Å²) in [5, 5.41) is 6.57. The van der Waals surface area contributed by atoms with Crippen LogP contribution in [0.3, 0.4) is 0 Å². The van der Waals surface area contributed by atoms with E-state index in [0.29, 0.717) is 0 Å². The first kappa shape index (κ1) is 17.9. The van der Waals surface area contributed by atoms with Gasteiger partial charge in [0.2, 0.25) is 0 Å². The van der Waals surface area contributed by atoms with Crippen molar-refractivity contribution in [2.75, 3.05) is 25.3 Å². The van der Waals surface area contributed by atoms with Gasteiger partial charge in [0.1, 0.15) is 0 Å². The molecule has 0 bridgehead atoms. The van der Waals surface area contributed by atoms with Crippen LogP contribution in [0.2, 0.25) is 0 Å². The normalized spacial score (nSPS) is 48.0. The third-order valence-corrected chi connectivity index (χ3v) is 13.0. The standard InChI is InChI=1S/C12H26N4S4/c1-8-16-12(17)13-18(5,9-2)14-19(6,10-3)15-20(16,7)11-4/h9-11,14-15H,2-4,8H2,1,5-7H3,(H,13,17). The maximum atomic E-state index is 5.58. The summed E-state index contributed by atoms with van der Waals surface area (Å²) >= 11 is 5.58. The van der Waals surface area contributed by atoms with E-state index in [1.165, 1.54) is 0 Å². The van der Waals surface area contributed by atoms with Gasteiger partial charge in [-0.25, -0.2) is 8.25 Å². The van der Waals surface area contributed by atoms with Crippen molar-refractivity contribution in [1.29, 1.82) is 0 Å². The van der Waals surface area contributed by atoms with Crippen molar-refractivity contribution in [3.05, 3.63) is 36.0 Å². The molecule has 0 aromatic carbocycles. The largest absolute Gasteiger partial charge is 0.309 e. The lowest BCUT2D eigenvalue weighted by molar-refractivity contribution is 0.695. The van der Waals surface area contributed by atoms with Gasteiger partial charge >= 0.3 is 0 Å². The predicted octanol–water partition coefficient (Wildman–Crippen LogP) is 3.60. The van der Waals surface area contributed by atoms with Crippen LogP contribution in [0.25, 0.3) is 0 Å². The molecule has 0 saturated carbocycles. The Balaban J connectivity index is 3.34. The minimum absolute atomic E-state index is 0.729. The lowest BCUT2D eigenvalue weighted by atomic mass is 10.7. The molecule has 1 rings (SSSR count). The Kier molecular flexibility index (Phi) is 5.67. The van der Waals surface area contributed by atoms with E-state index in [1.54, 1.807) is 0 Å². The Bertz CT molecular complexity index is 443. The van der Waals surface area contributed by atoms with E-state index in [-0.39, 0.29) is 0 Å². The van der Waals surface area contributed by atoms with E-state index in [9.17, 15) is 0 Å². The highest BCUT2D eigenvalue weighted by atomic mass is 32.4. The molecule has 0 aromatic heterocycles. The Labute approximate surface area is 133 Å². The van der Waals surface area contributed by atoms with Gasteiger partial charge in [0.15, 0.2) is 5.11 Å². The molecule has 1 aliphatic rings. The van der Waals surface area contributed by atoms with E-state index in [0.717, 1.165) is 11.7 Å². The molecule has 4 nitrogen and oxygen atoms in total. The quantitative estimate of drug-likeness (QED) is 0.673. The molecule has 8 heteroatoms. The number of hydrogen-bond acceptors (Lipinski definition) is 3. The Morgan fingerprint density at radius 1 is 1.05 bits per heavy atom. The molecule has 0 aromatic rings. The third-order valence-electron chi connectivity index (χ3n) is 2.95. The fourth-order valence-corrected chi connectivity index (χ4v) is 12.4. The van der Waals surface area contributed by atoms with Crippen LogP contribution in [0.5, 0.6) is 0 Å². The summed E-state index contributed by atoms with van der Waals surface area (Å²) in [6.45, 7) is 14.8. The molecule has 0 aliphatic carbocycles. The zero-order chi connectivity index (χ0) is 15.6. The SMILES string of the molecule is C=CS1(C)NC(=S)N(CC)S(C)(C=C)NS(C)(C=C)N1. The van der Waals surface area contributed by atoms with E-state index in [1.807, 2.05) is 16.2 Å². The first-order valence-corrected chi connectivity index (χ1v) is 12.7. The summed E-state index contributed by atoms with van der Waals surface area (Å²) < 4.78 is 13.0. The van der Waals surface area contributed by atoms with Crippen LogP contribution in [0.4, 0.5) is 0 Å². The highest BCUT2D eigenvalue weighted by molar-refractivity contribution is 8.52. The molecule has 0 radical (unpaired) electrons. The zero-order valence-electron chi connectivity index (χ0n) is 12.6. The second kappa shape index (κ2) is 6.33. The summed E-state index contributed by atoms with van der Waals surface area (Å²) in [6.07, 6.45) is 6.40. The van der Waals surface area contributed by atoms with Crippen LogP contribution >= 0.6 is 43.4 Å². The molecule has 3 unspecified atom stereocenters. The molecule has 1 heterocycles. The number of hydrogen-bond donors (Lipinski definition) is 3. The van der Waals surface area contributed by atoms with Crippen molar-refractivity contribution in [3.63, 3.8) is 0 Å². The molecule has 1 saturated heterocycles. The number of rotatable bonds is 4. The van der Waals surface area contributed by atoms with Gasteiger partial charge in [-0.05, 0) is 54.1 Å². The van der Waals surface area contributed by atoms with E-state index >= 15 is 0 Å². The van der Waals surface area contributed by atoms with Gasteiger partial charge < -0.3 is 4.72 Å². The summed E-state index contributed by atoms with van der Waals surface area (Å²) in [6, 6.07) is 0. The number of nitrogens with zero attached hydrogens (tertiary/aromatic N) is 1. The van der Waals surface area contributed by atoms with Crippen molar-refractivity contribution >= 4 is 48.5 Å². The second-order valence-electron chi connectivity index (χ2n) is 4.67. The van der Waals surface area contributed by atoms with Crippen molar-refractivity contribution in [2.24, 2.45) is 0 Å². The third kappa shape index (κ3) is 3.55. The Morgan fingerprint density at radius 3 is 2.00 bits per heavy atom. The van der Waals surface area contributed by atoms with Gasteiger partial charge in [-0.2, -0.15) is 0 Å². The van der Waals surface area contributed by atoms with Gasteiger partial charge in [-0.15, -0.1) is 0 Å². The highest BCUT2D eigenvalue weighted by Gasteiger charge is 2.36. The van der Waals surface area contributed by atoms with Gasteiger partial charge in [0, 0.05) is 6.54 Å². The molecule has 0 spiro atoms. The van der Waals surface area contributed by atoms with Crippen LogP contribution in [-0.2, 0) is 0 Å². The highest BCUT2D eigenvalue weighted by Crippen LogP contribution is 2.60.